The molecule has 0 saturated carbocycles. The van der Waals surface area contributed by atoms with Crippen LogP contribution in [0.5, 0.6) is 11.5 Å². The highest BCUT2D eigenvalue weighted by Crippen LogP contribution is 2.12. The van der Waals surface area contributed by atoms with E-state index < -0.39 is 6.10 Å². The molecule has 2 rings (SSSR count). The number of terminal acetylenes is 1. The fourth-order valence-electron chi connectivity index (χ4n) is 2.37. The van der Waals surface area contributed by atoms with Crippen LogP contribution in [0.15, 0.2) is 54.6 Å². The number of hydrogen-bond donors (Lipinski definition) is 3. The lowest BCUT2D eigenvalue weighted by molar-refractivity contribution is -0.122. The van der Waals surface area contributed by atoms with E-state index in [1.807, 2.05) is 54.6 Å². The molecule has 0 heterocycles. The molecule has 6 heteroatoms. The molecular formula is C22H26N2O4. The van der Waals surface area contributed by atoms with Crippen LogP contribution in [-0.2, 0) is 11.2 Å². The number of rotatable bonds is 12. The van der Waals surface area contributed by atoms with E-state index in [0.717, 1.165) is 24.3 Å². The number of para-hydroxylation sites is 1. The van der Waals surface area contributed by atoms with Gasteiger partial charge in [0.2, 0.25) is 0 Å². The molecule has 0 aliphatic carbocycles. The van der Waals surface area contributed by atoms with E-state index >= 15 is 0 Å². The van der Waals surface area contributed by atoms with Crippen LogP contribution in [-0.4, -0.2) is 50.0 Å². The minimum Gasteiger partial charge on any atom is -0.491 e. The molecule has 0 fully saturated rings. The topological polar surface area (TPSA) is 79.8 Å². The number of hydrogen-bond acceptors (Lipinski definition) is 5. The van der Waals surface area contributed by atoms with Gasteiger partial charge < -0.3 is 25.2 Å². The smallest absolute Gasteiger partial charge is 0.258 e. The molecule has 2 aromatic carbocycles. The van der Waals surface area contributed by atoms with Crippen LogP contribution in [0.25, 0.3) is 0 Å². The standard InChI is InChI=1S/C22H26N2O4/c1-2-13-24-22(26)17-28-21-10-8-18(9-11-21)12-14-23-15-19(25)16-27-20-6-4-3-5-7-20/h1,3-11,19,23,25H,12-17H2,(H,24,26). The number of ether oxygens (including phenoxy) is 2. The lowest BCUT2D eigenvalue weighted by Crippen LogP contribution is -2.32. The third-order valence-corrected chi connectivity index (χ3v) is 3.84. The Morgan fingerprint density at radius 2 is 1.79 bits per heavy atom. The summed E-state index contributed by atoms with van der Waals surface area (Å²) >= 11 is 0. The highest BCUT2D eigenvalue weighted by atomic mass is 16.5. The third-order valence-electron chi connectivity index (χ3n) is 3.84. The lowest BCUT2D eigenvalue weighted by atomic mass is 10.1. The molecule has 0 bridgehead atoms. The molecule has 148 valence electrons. The van der Waals surface area contributed by atoms with Crippen molar-refractivity contribution in [2.24, 2.45) is 0 Å². The van der Waals surface area contributed by atoms with Crippen molar-refractivity contribution in [2.75, 3.05) is 32.8 Å². The first-order valence-electron chi connectivity index (χ1n) is 9.16. The minimum absolute atomic E-state index is 0.0640. The first-order chi connectivity index (χ1) is 13.7. The second-order valence-corrected chi connectivity index (χ2v) is 6.15. The number of carbonyl (C=O) groups is 1. The molecule has 0 saturated heterocycles. The van der Waals surface area contributed by atoms with E-state index in [-0.39, 0.29) is 25.7 Å². The van der Waals surface area contributed by atoms with Crippen LogP contribution in [0.3, 0.4) is 0 Å². The zero-order valence-corrected chi connectivity index (χ0v) is 15.8. The molecule has 0 aliphatic heterocycles. The van der Waals surface area contributed by atoms with E-state index in [0.29, 0.717) is 12.3 Å². The van der Waals surface area contributed by atoms with E-state index in [4.69, 9.17) is 15.9 Å². The quantitative estimate of drug-likeness (QED) is 0.382. The molecule has 1 atom stereocenters. The van der Waals surface area contributed by atoms with Crippen molar-refractivity contribution >= 4 is 5.91 Å². The fourth-order valence-corrected chi connectivity index (χ4v) is 2.37. The normalized spacial score (nSPS) is 11.3. The van der Waals surface area contributed by atoms with Gasteiger partial charge in [0.1, 0.15) is 24.2 Å². The fraction of sp³-hybridized carbons (Fsp3) is 0.318. The van der Waals surface area contributed by atoms with Crippen LogP contribution in [0.2, 0.25) is 0 Å². The highest BCUT2D eigenvalue weighted by molar-refractivity contribution is 5.77. The molecule has 28 heavy (non-hydrogen) atoms. The zero-order valence-electron chi connectivity index (χ0n) is 15.8. The van der Waals surface area contributed by atoms with Crippen LogP contribution >= 0.6 is 0 Å². The average Bonchev–Trinajstić information content (AvgIpc) is 2.74. The first-order valence-corrected chi connectivity index (χ1v) is 9.16. The van der Waals surface area contributed by atoms with Crippen LogP contribution in [0.1, 0.15) is 5.56 Å². The van der Waals surface area contributed by atoms with Crippen molar-refractivity contribution in [2.45, 2.75) is 12.5 Å². The van der Waals surface area contributed by atoms with Gasteiger partial charge in [-0.25, -0.2) is 0 Å². The van der Waals surface area contributed by atoms with E-state index in [1.54, 1.807) is 0 Å². The van der Waals surface area contributed by atoms with Crippen LogP contribution < -0.4 is 20.1 Å². The van der Waals surface area contributed by atoms with Gasteiger partial charge in [-0.15, -0.1) is 6.42 Å². The maximum atomic E-state index is 11.4. The second kappa shape index (κ2) is 12.4. The first kappa shape index (κ1) is 21.3. The van der Waals surface area contributed by atoms with Gasteiger partial charge in [-0.2, -0.15) is 0 Å². The molecule has 0 spiro atoms. The Balaban J connectivity index is 1.58. The summed E-state index contributed by atoms with van der Waals surface area (Å²) in [6.45, 7) is 1.57. The molecule has 2 aromatic rings. The van der Waals surface area contributed by atoms with Gasteiger partial charge in [0.25, 0.3) is 5.91 Å². The third kappa shape index (κ3) is 8.58. The van der Waals surface area contributed by atoms with Gasteiger partial charge in [-0.3, -0.25) is 4.79 Å². The van der Waals surface area contributed by atoms with Crippen molar-refractivity contribution in [1.29, 1.82) is 0 Å². The van der Waals surface area contributed by atoms with Gasteiger partial charge >= 0.3 is 0 Å². The summed E-state index contributed by atoms with van der Waals surface area (Å²) in [5, 5.41) is 15.7. The molecule has 0 radical (unpaired) electrons. The maximum Gasteiger partial charge on any atom is 0.258 e. The Morgan fingerprint density at radius 3 is 2.50 bits per heavy atom. The van der Waals surface area contributed by atoms with Crippen molar-refractivity contribution in [1.82, 2.24) is 10.6 Å². The Hall–Kier alpha value is -3.01. The number of benzene rings is 2. The highest BCUT2D eigenvalue weighted by Gasteiger charge is 2.05. The number of aliphatic hydroxyl groups excluding tert-OH is 1. The van der Waals surface area contributed by atoms with Crippen LogP contribution in [0.4, 0.5) is 0 Å². The Morgan fingerprint density at radius 1 is 1.07 bits per heavy atom. The number of amides is 1. The van der Waals surface area contributed by atoms with Gasteiger partial charge in [0.05, 0.1) is 6.54 Å². The monoisotopic (exact) mass is 382 g/mol. The zero-order chi connectivity index (χ0) is 20.0. The molecule has 6 nitrogen and oxygen atoms in total. The molecule has 3 N–H and O–H groups in total. The predicted octanol–water partition coefficient (Wildman–Crippen LogP) is 1.39. The van der Waals surface area contributed by atoms with Crippen molar-refractivity contribution < 1.29 is 19.4 Å². The van der Waals surface area contributed by atoms with Crippen LogP contribution in [0, 0.1) is 12.3 Å². The van der Waals surface area contributed by atoms with Crippen molar-refractivity contribution in [3.05, 3.63) is 60.2 Å². The van der Waals surface area contributed by atoms with Gasteiger partial charge in [-0.1, -0.05) is 36.3 Å². The summed E-state index contributed by atoms with van der Waals surface area (Å²) in [4.78, 5) is 11.4. The lowest BCUT2D eigenvalue weighted by Gasteiger charge is -2.13. The van der Waals surface area contributed by atoms with Gasteiger partial charge in [-0.05, 0) is 42.8 Å². The SMILES string of the molecule is C#CCNC(=O)COc1ccc(CCNCC(O)COc2ccccc2)cc1. The largest absolute Gasteiger partial charge is 0.491 e. The van der Waals surface area contributed by atoms with Gasteiger partial charge in [0, 0.05) is 6.54 Å². The van der Waals surface area contributed by atoms with E-state index in [9.17, 15) is 9.90 Å². The number of carbonyl (C=O) groups excluding carboxylic acids is 1. The molecule has 0 aromatic heterocycles. The van der Waals surface area contributed by atoms with Gasteiger partial charge in [0.15, 0.2) is 6.61 Å². The minimum atomic E-state index is -0.573. The summed E-state index contributed by atoms with van der Waals surface area (Å²) in [5.41, 5.74) is 1.13. The Kier molecular flexibility index (Phi) is 9.42. The number of aliphatic hydroxyl groups is 1. The molecule has 1 unspecified atom stereocenters. The molecule has 1 amide bonds. The summed E-state index contributed by atoms with van der Waals surface area (Å²) in [5.74, 6) is 3.46. The summed E-state index contributed by atoms with van der Waals surface area (Å²) in [7, 11) is 0. The average molecular weight is 382 g/mol. The Labute approximate surface area is 165 Å². The second-order valence-electron chi connectivity index (χ2n) is 6.15. The summed E-state index contributed by atoms with van der Waals surface area (Å²) in [6.07, 6.45) is 5.32. The van der Waals surface area contributed by atoms with Crippen molar-refractivity contribution in [3.63, 3.8) is 0 Å². The number of nitrogens with one attached hydrogen (secondary N) is 2. The molecular weight excluding hydrogens is 356 g/mol. The Bertz CT molecular complexity index is 741. The molecule has 0 aliphatic rings. The summed E-state index contributed by atoms with van der Waals surface area (Å²) in [6, 6.07) is 17.0. The van der Waals surface area contributed by atoms with E-state index in [1.165, 1.54) is 0 Å². The summed E-state index contributed by atoms with van der Waals surface area (Å²) < 4.78 is 10.9. The maximum absolute atomic E-state index is 11.4. The van der Waals surface area contributed by atoms with E-state index in [2.05, 4.69) is 16.6 Å². The van der Waals surface area contributed by atoms with Crippen molar-refractivity contribution in [3.8, 4) is 23.8 Å². The predicted molar refractivity (Wildman–Crippen MR) is 108 cm³/mol.